The molecule has 0 aromatic rings. The highest BCUT2D eigenvalue weighted by Crippen LogP contribution is 2.43. The molecule has 0 aromatic carbocycles. The third-order valence-corrected chi connectivity index (χ3v) is 14.8. The molecule has 0 rings (SSSR count). The normalized spacial score (nSPS) is 14.5. The Morgan fingerprint density at radius 1 is 0.434 bits per heavy atom. The summed E-state index contributed by atoms with van der Waals surface area (Å²) < 4.78 is 30.7. The van der Waals surface area contributed by atoms with E-state index < -0.39 is 20.0 Å². The van der Waals surface area contributed by atoms with Crippen molar-refractivity contribution in [2.75, 3.05) is 40.9 Å². The number of carbonyl (C=O) groups is 2. The van der Waals surface area contributed by atoms with Gasteiger partial charge in [-0.05, 0) is 128 Å². The fourth-order valence-electron chi connectivity index (χ4n) is 8.73. The maximum Gasteiger partial charge on any atom is 0.472 e. The summed E-state index contributed by atoms with van der Waals surface area (Å²) in [6.45, 7) is 6.74. The molecule has 3 atom stereocenters. The van der Waals surface area contributed by atoms with Crippen LogP contribution < -0.4 is 5.32 Å². The summed E-state index contributed by atoms with van der Waals surface area (Å²) in [5.74, 6) is -0.558. The highest BCUT2D eigenvalue weighted by molar-refractivity contribution is 7.47. The number of unbranched alkanes of at least 4 members (excludes halogenated alkanes) is 20. The van der Waals surface area contributed by atoms with E-state index in [1.807, 2.05) is 33.3 Å². The largest absolute Gasteiger partial charge is 0.472 e. The summed E-state index contributed by atoms with van der Waals surface area (Å²) in [4.78, 5) is 37.8. The number of rotatable bonds is 58. The van der Waals surface area contributed by atoms with Crippen LogP contribution in [0.2, 0.25) is 0 Å². The lowest BCUT2D eigenvalue weighted by atomic mass is 10.1. The Kier molecular flexibility index (Phi) is 58.0. The average molecular weight is 1170 g/mol. The van der Waals surface area contributed by atoms with Crippen LogP contribution in [0.5, 0.6) is 0 Å². The molecule has 9 nitrogen and oxygen atoms in total. The Bertz CT molecular complexity index is 1930. The molecule has 0 spiro atoms. The summed E-state index contributed by atoms with van der Waals surface area (Å²) >= 11 is 0. The van der Waals surface area contributed by atoms with Gasteiger partial charge in [-0.1, -0.05) is 257 Å². The van der Waals surface area contributed by atoms with E-state index in [0.29, 0.717) is 23.9 Å². The van der Waals surface area contributed by atoms with Crippen LogP contribution in [0.3, 0.4) is 0 Å². The maximum atomic E-state index is 13.6. The minimum atomic E-state index is -4.47. The number of amides is 1. The second kappa shape index (κ2) is 61.0. The molecule has 0 fully saturated rings. The predicted octanol–water partition coefficient (Wildman–Crippen LogP) is 21.0. The number of hydrogen-bond donors (Lipinski definition) is 2. The number of ether oxygens (including phenoxy) is 1. The molecule has 0 aliphatic rings. The first kappa shape index (κ1) is 78.9. The van der Waals surface area contributed by atoms with Crippen LogP contribution in [0.1, 0.15) is 252 Å². The number of esters is 1. The Morgan fingerprint density at radius 2 is 0.771 bits per heavy atom. The van der Waals surface area contributed by atoms with Gasteiger partial charge in [-0.15, -0.1) is 0 Å². The van der Waals surface area contributed by atoms with Gasteiger partial charge in [0.25, 0.3) is 0 Å². The Labute approximate surface area is 510 Å². The van der Waals surface area contributed by atoms with E-state index in [0.717, 1.165) is 148 Å². The number of carbonyl (C=O) groups excluding carboxylic acids is 2. The Morgan fingerprint density at radius 3 is 1.16 bits per heavy atom. The molecule has 0 aromatic heterocycles. The molecule has 83 heavy (non-hydrogen) atoms. The zero-order valence-corrected chi connectivity index (χ0v) is 54.8. The van der Waals surface area contributed by atoms with Crippen molar-refractivity contribution >= 4 is 19.7 Å². The molecular weight excluding hydrogens is 1050 g/mol. The van der Waals surface area contributed by atoms with Gasteiger partial charge in [0.15, 0.2) is 0 Å². The van der Waals surface area contributed by atoms with Gasteiger partial charge in [0.1, 0.15) is 19.3 Å². The molecule has 1 amide bonds. The molecular formula is C73H124N2O7P+. The highest BCUT2D eigenvalue weighted by Gasteiger charge is 2.30. The van der Waals surface area contributed by atoms with Gasteiger partial charge in [0.2, 0.25) is 5.91 Å². The van der Waals surface area contributed by atoms with Gasteiger partial charge in [-0.2, -0.15) is 0 Å². The van der Waals surface area contributed by atoms with Crippen molar-refractivity contribution < 1.29 is 37.3 Å². The maximum absolute atomic E-state index is 13.6. The molecule has 0 bridgehead atoms. The van der Waals surface area contributed by atoms with Crippen LogP contribution in [0.25, 0.3) is 0 Å². The number of hydrogen-bond acceptors (Lipinski definition) is 6. The summed E-state index contributed by atoms with van der Waals surface area (Å²) in [5, 5.41) is 3.05. The van der Waals surface area contributed by atoms with Crippen molar-refractivity contribution in [3.05, 3.63) is 146 Å². The van der Waals surface area contributed by atoms with Crippen LogP contribution in [-0.2, 0) is 27.9 Å². The lowest BCUT2D eigenvalue weighted by Gasteiger charge is -2.27. The van der Waals surface area contributed by atoms with Gasteiger partial charge in [-0.3, -0.25) is 18.6 Å². The first-order valence-electron chi connectivity index (χ1n) is 33.2. The van der Waals surface area contributed by atoms with E-state index in [-0.39, 0.29) is 31.5 Å². The van der Waals surface area contributed by atoms with E-state index in [2.05, 4.69) is 160 Å². The zero-order chi connectivity index (χ0) is 60.7. The molecule has 0 aliphatic carbocycles. The number of nitrogens with one attached hydrogen (secondary N) is 1. The van der Waals surface area contributed by atoms with Gasteiger partial charge in [0.05, 0.1) is 33.8 Å². The zero-order valence-electron chi connectivity index (χ0n) is 53.9. The van der Waals surface area contributed by atoms with Crippen LogP contribution in [0, 0.1) is 0 Å². The number of likely N-dealkylation sites (N-methyl/N-ethyl adjacent to an activating group) is 1. The van der Waals surface area contributed by atoms with Crippen LogP contribution in [0.15, 0.2) is 146 Å². The summed E-state index contributed by atoms with van der Waals surface area (Å²) in [6.07, 6.45) is 88.5. The van der Waals surface area contributed by atoms with Gasteiger partial charge >= 0.3 is 13.8 Å². The monoisotopic (exact) mass is 1170 g/mol. The van der Waals surface area contributed by atoms with Crippen LogP contribution in [0.4, 0.5) is 0 Å². The molecule has 0 heterocycles. The predicted molar refractivity (Wildman–Crippen MR) is 359 cm³/mol. The molecule has 0 aliphatic heterocycles. The summed E-state index contributed by atoms with van der Waals surface area (Å²) in [5.41, 5.74) is 0. The smallest absolute Gasteiger partial charge is 0.456 e. The van der Waals surface area contributed by atoms with Gasteiger partial charge in [-0.25, -0.2) is 4.57 Å². The van der Waals surface area contributed by atoms with E-state index in [9.17, 15) is 19.0 Å². The van der Waals surface area contributed by atoms with Crippen molar-refractivity contribution in [1.82, 2.24) is 5.32 Å². The fraction of sp³-hybridized carbons (Fsp3) is 0.644. The quantitative estimate of drug-likeness (QED) is 0.0205. The molecule has 0 saturated heterocycles. The Hall–Kier alpha value is -4.11. The van der Waals surface area contributed by atoms with E-state index in [4.69, 9.17) is 13.8 Å². The minimum Gasteiger partial charge on any atom is -0.456 e. The van der Waals surface area contributed by atoms with Crippen LogP contribution in [-0.4, -0.2) is 74.3 Å². The molecule has 10 heteroatoms. The van der Waals surface area contributed by atoms with Crippen molar-refractivity contribution in [2.45, 2.75) is 264 Å². The first-order chi connectivity index (χ1) is 40.4. The summed E-state index contributed by atoms with van der Waals surface area (Å²) in [7, 11) is 1.45. The highest BCUT2D eigenvalue weighted by atomic mass is 31.2. The number of quaternary nitrogens is 1. The van der Waals surface area contributed by atoms with E-state index in [1.54, 1.807) is 0 Å². The SMILES string of the molecule is CC/C=C\C/C=C\C/C=C\C/C=C\C/C=C\C/C=C\CCCCCCC(=O)OC(/C=C/CCCCCCCCCCC)C(COP(=O)(O)OCC[N+](C)(C)C)NC(=O)CCCCCCCCC/C=C\C/C=C\C/C=C\C/C=C\C/C=C\CC. The van der Waals surface area contributed by atoms with Crippen molar-refractivity contribution in [1.29, 1.82) is 0 Å². The third kappa shape index (κ3) is 62.2. The second-order valence-corrected chi connectivity index (χ2v) is 24.3. The van der Waals surface area contributed by atoms with E-state index >= 15 is 0 Å². The Balaban J connectivity index is 5.22. The van der Waals surface area contributed by atoms with E-state index in [1.165, 1.54) is 64.2 Å². The van der Waals surface area contributed by atoms with Crippen molar-refractivity contribution in [2.24, 2.45) is 0 Å². The van der Waals surface area contributed by atoms with Crippen molar-refractivity contribution in [3.8, 4) is 0 Å². The van der Waals surface area contributed by atoms with Crippen molar-refractivity contribution in [3.63, 3.8) is 0 Å². The number of phosphoric ester groups is 1. The number of allylic oxidation sites excluding steroid dienone is 23. The number of phosphoric acid groups is 1. The molecule has 0 radical (unpaired) electrons. The molecule has 2 N–H and O–H groups in total. The molecule has 3 unspecified atom stereocenters. The lowest BCUT2D eigenvalue weighted by Crippen LogP contribution is -2.47. The van der Waals surface area contributed by atoms with Gasteiger partial charge in [0, 0.05) is 12.8 Å². The third-order valence-electron chi connectivity index (χ3n) is 13.8. The average Bonchev–Trinajstić information content (AvgIpc) is 3.51. The lowest BCUT2D eigenvalue weighted by molar-refractivity contribution is -0.870. The number of nitrogens with zero attached hydrogens (tertiary/aromatic N) is 1. The summed E-state index contributed by atoms with van der Waals surface area (Å²) in [6, 6.07) is -0.877. The minimum absolute atomic E-state index is 0.0249. The molecule has 472 valence electrons. The molecule has 0 saturated carbocycles. The first-order valence-corrected chi connectivity index (χ1v) is 34.7. The second-order valence-electron chi connectivity index (χ2n) is 22.9. The standard InChI is InChI=1S/C73H123N2O7P/c1-7-10-13-16-19-22-25-27-29-31-33-35-37-39-41-43-45-47-50-53-56-59-62-65-72(76)74-70(69-81-83(78,79)80-68-67-75(4,5)6)71(64-61-58-55-52-49-24-21-18-15-12-9-3)82-73(77)66-63-60-57-54-51-48-46-44-42-40-38-36-34-32-30-28-26-23-20-17-14-11-8-2/h10-11,13-14,19-20,22-23,27-30,33-36,39-42,46,48,61,64,70-71H,7-9,12,15-18,21,24-26,31-32,37-38,43-45,47,49-60,62-63,65-69H2,1-6H3,(H-,74,76,78,79)/p+1/b13-10-,14-11-,22-19-,23-20-,29-27-,30-28-,35-33-,36-34-,41-39-,42-40-,48-46-,64-61+. The van der Waals surface area contributed by atoms with Gasteiger partial charge < -0.3 is 19.4 Å². The fourth-order valence-corrected chi connectivity index (χ4v) is 9.47. The topological polar surface area (TPSA) is 111 Å². The van der Waals surface area contributed by atoms with Crippen LogP contribution >= 0.6 is 7.82 Å².